The van der Waals surface area contributed by atoms with Gasteiger partial charge in [-0.3, -0.25) is 0 Å². The van der Waals surface area contributed by atoms with Gasteiger partial charge in [0.1, 0.15) is 11.9 Å². The molecule has 0 aliphatic carbocycles. The first-order valence-electron chi connectivity index (χ1n) is 6.94. The van der Waals surface area contributed by atoms with Crippen LogP contribution in [0.3, 0.4) is 0 Å². The molecule has 1 aromatic carbocycles. The fourth-order valence-electron chi connectivity index (χ4n) is 1.55. The maximum atomic E-state index is 9.80. The quantitative estimate of drug-likeness (QED) is 0.619. The molecule has 1 rings (SSSR count). The van der Waals surface area contributed by atoms with E-state index in [0.717, 1.165) is 11.3 Å². The Kier molecular flexibility index (Phi) is 8.22. The predicted octanol–water partition coefficient (Wildman–Crippen LogP) is 2.47. The molecule has 0 aliphatic rings. The van der Waals surface area contributed by atoms with E-state index in [2.05, 4.69) is 11.8 Å². The van der Waals surface area contributed by atoms with Crippen LogP contribution in [-0.2, 0) is 9.47 Å². The Bertz CT molecular complexity index is 476. The number of aliphatic hydroxyl groups excluding tert-OH is 1. The SMILES string of the molecule is CCOC(C#CC(O)/C=C/c1ccc(OC)cc1)OCC. The summed E-state index contributed by atoms with van der Waals surface area (Å²) in [4.78, 5) is 0. The Labute approximate surface area is 126 Å². The van der Waals surface area contributed by atoms with E-state index in [4.69, 9.17) is 14.2 Å². The van der Waals surface area contributed by atoms with Crippen LogP contribution in [0.15, 0.2) is 30.3 Å². The predicted molar refractivity (Wildman–Crippen MR) is 82.9 cm³/mol. The second-order valence-corrected chi connectivity index (χ2v) is 4.11. The highest BCUT2D eigenvalue weighted by molar-refractivity contribution is 5.51. The molecular weight excluding hydrogens is 268 g/mol. The second kappa shape index (κ2) is 10.0. The van der Waals surface area contributed by atoms with E-state index >= 15 is 0 Å². The van der Waals surface area contributed by atoms with Gasteiger partial charge in [-0.05, 0) is 43.5 Å². The van der Waals surface area contributed by atoms with Gasteiger partial charge < -0.3 is 19.3 Å². The van der Waals surface area contributed by atoms with Crippen LogP contribution < -0.4 is 4.74 Å². The zero-order chi connectivity index (χ0) is 15.5. The number of rotatable bonds is 7. The lowest BCUT2D eigenvalue weighted by molar-refractivity contribution is -0.0971. The van der Waals surface area contributed by atoms with Gasteiger partial charge in [0, 0.05) is 13.2 Å². The first-order valence-corrected chi connectivity index (χ1v) is 6.94. The van der Waals surface area contributed by atoms with E-state index in [1.165, 1.54) is 0 Å². The van der Waals surface area contributed by atoms with Crippen LogP contribution in [-0.4, -0.2) is 37.8 Å². The molecule has 21 heavy (non-hydrogen) atoms. The molecule has 114 valence electrons. The van der Waals surface area contributed by atoms with Crippen molar-refractivity contribution < 1.29 is 19.3 Å². The van der Waals surface area contributed by atoms with Crippen LogP contribution in [0.2, 0.25) is 0 Å². The standard InChI is InChI=1S/C17H22O4/c1-4-20-17(21-5-2)13-10-15(18)9-6-14-7-11-16(19-3)12-8-14/h6-9,11-12,15,17-18H,4-5H2,1-3H3/b9-6+. The maximum absolute atomic E-state index is 9.80. The van der Waals surface area contributed by atoms with Crippen molar-refractivity contribution in [3.63, 3.8) is 0 Å². The van der Waals surface area contributed by atoms with Gasteiger partial charge in [0.25, 0.3) is 0 Å². The van der Waals surface area contributed by atoms with Crippen molar-refractivity contribution in [1.82, 2.24) is 0 Å². The summed E-state index contributed by atoms with van der Waals surface area (Å²) in [5.74, 6) is 6.24. The number of benzene rings is 1. The second-order valence-electron chi connectivity index (χ2n) is 4.11. The fraction of sp³-hybridized carbons (Fsp3) is 0.412. The van der Waals surface area contributed by atoms with Gasteiger partial charge in [0.2, 0.25) is 6.29 Å². The van der Waals surface area contributed by atoms with E-state index in [1.807, 2.05) is 38.1 Å². The highest BCUT2D eigenvalue weighted by atomic mass is 16.7. The van der Waals surface area contributed by atoms with Crippen molar-refractivity contribution in [2.24, 2.45) is 0 Å². The lowest BCUT2D eigenvalue weighted by atomic mass is 10.2. The van der Waals surface area contributed by atoms with E-state index in [1.54, 1.807) is 19.3 Å². The number of hydrogen-bond donors (Lipinski definition) is 1. The molecule has 0 aliphatic heterocycles. The average Bonchev–Trinajstić information content (AvgIpc) is 2.51. The molecule has 4 heteroatoms. The van der Waals surface area contributed by atoms with Gasteiger partial charge in [0.15, 0.2) is 0 Å². The van der Waals surface area contributed by atoms with E-state index in [9.17, 15) is 5.11 Å². The Balaban J connectivity index is 2.58. The number of aliphatic hydroxyl groups is 1. The third-order valence-corrected chi connectivity index (χ3v) is 2.57. The summed E-state index contributed by atoms with van der Waals surface area (Å²) in [5, 5.41) is 9.80. The topological polar surface area (TPSA) is 47.9 Å². The number of hydrogen-bond acceptors (Lipinski definition) is 4. The summed E-state index contributed by atoms with van der Waals surface area (Å²) in [5.41, 5.74) is 0.961. The molecular formula is C17H22O4. The normalized spacial score (nSPS) is 12.2. The minimum Gasteiger partial charge on any atom is -0.497 e. The molecule has 0 bridgehead atoms. The van der Waals surface area contributed by atoms with Crippen molar-refractivity contribution in [2.75, 3.05) is 20.3 Å². The van der Waals surface area contributed by atoms with Gasteiger partial charge in [-0.2, -0.15) is 0 Å². The molecule has 0 saturated carbocycles. The van der Waals surface area contributed by atoms with Crippen molar-refractivity contribution in [2.45, 2.75) is 26.2 Å². The van der Waals surface area contributed by atoms with Crippen molar-refractivity contribution >= 4 is 6.08 Å². The fourth-order valence-corrected chi connectivity index (χ4v) is 1.55. The van der Waals surface area contributed by atoms with Gasteiger partial charge in [-0.1, -0.05) is 24.1 Å². The van der Waals surface area contributed by atoms with Crippen molar-refractivity contribution in [3.8, 4) is 17.6 Å². The lowest BCUT2D eigenvalue weighted by Crippen LogP contribution is -2.15. The molecule has 0 radical (unpaired) electrons. The Morgan fingerprint density at radius 2 is 1.71 bits per heavy atom. The van der Waals surface area contributed by atoms with Crippen LogP contribution in [0.4, 0.5) is 0 Å². The summed E-state index contributed by atoms with van der Waals surface area (Å²) >= 11 is 0. The van der Waals surface area contributed by atoms with Crippen LogP contribution in [0, 0.1) is 11.8 Å². The Hall–Kier alpha value is -1.80. The van der Waals surface area contributed by atoms with Gasteiger partial charge in [-0.15, -0.1) is 0 Å². The molecule has 1 unspecified atom stereocenters. The van der Waals surface area contributed by atoms with Crippen LogP contribution in [0.25, 0.3) is 6.08 Å². The lowest BCUT2D eigenvalue weighted by Gasteiger charge is -2.09. The molecule has 4 nitrogen and oxygen atoms in total. The summed E-state index contributed by atoms with van der Waals surface area (Å²) < 4.78 is 15.6. The zero-order valence-corrected chi connectivity index (χ0v) is 12.7. The van der Waals surface area contributed by atoms with Gasteiger partial charge in [0.05, 0.1) is 7.11 Å². The number of methoxy groups -OCH3 is 1. The third-order valence-electron chi connectivity index (χ3n) is 2.57. The first kappa shape index (κ1) is 17.3. The molecule has 1 N–H and O–H groups in total. The summed E-state index contributed by atoms with van der Waals surface area (Å²) in [6, 6.07) is 7.52. The first-order chi connectivity index (χ1) is 10.2. The Morgan fingerprint density at radius 1 is 1.10 bits per heavy atom. The van der Waals surface area contributed by atoms with E-state index < -0.39 is 12.4 Å². The van der Waals surface area contributed by atoms with Crippen molar-refractivity contribution in [3.05, 3.63) is 35.9 Å². The largest absolute Gasteiger partial charge is 0.497 e. The molecule has 1 atom stereocenters. The molecule has 1 aromatic rings. The van der Waals surface area contributed by atoms with Crippen LogP contribution >= 0.6 is 0 Å². The molecule has 0 amide bonds. The van der Waals surface area contributed by atoms with Crippen molar-refractivity contribution in [1.29, 1.82) is 0 Å². The summed E-state index contributed by atoms with van der Waals surface area (Å²) in [7, 11) is 1.62. The smallest absolute Gasteiger partial charge is 0.222 e. The minimum absolute atomic E-state index is 0.511. The average molecular weight is 290 g/mol. The summed E-state index contributed by atoms with van der Waals surface area (Å²) in [6.07, 6.45) is 1.96. The maximum Gasteiger partial charge on any atom is 0.222 e. The Morgan fingerprint density at radius 3 is 2.24 bits per heavy atom. The monoisotopic (exact) mass is 290 g/mol. The number of ether oxygens (including phenoxy) is 3. The third kappa shape index (κ3) is 6.96. The molecule has 0 spiro atoms. The minimum atomic E-state index is -0.865. The van der Waals surface area contributed by atoms with E-state index in [0.29, 0.717) is 13.2 Å². The van der Waals surface area contributed by atoms with E-state index in [-0.39, 0.29) is 0 Å². The highest BCUT2D eigenvalue weighted by Gasteiger charge is 2.02. The van der Waals surface area contributed by atoms with Gasteiger partial charge in [-0.25, -0.2) is 0 Å². The molecule has 0 aromatic heterocycles. The molecule has 0 fully saturated rings. The van der Waals surface area contributed by atoms with Crippen LogP contribution in [0.1, 0.15) is 19.4 Å². The summed E-state index contributed by atoms with van der Waals surface area (Å²) in [6.45, 7) is 4.76. The molecule has 0 saturated heterocycles. The highest BCUT2D eigenvalue weighted by Crippen LogP contribution is 2.12. The van der Waals surface area contributed by atoms with Crippen LogP contribution in [0.5, 0.6) is 5.75 Å². The van der Waals surface area contributed by atoms with Gasteiger partial charge >= 0.3 is 0 Å². The molecule has 0 heterocycles. The zero-order valence-electron chi connectivity index (χ0n) is 12.7.